The zero-order valence-electron chi connectivity index (χ0n) is 8.05. The Hall–Kier alpha value is -1.43. The van der Waals surface area contributed by atoms with Crippen molar-refractivity contribution in [3.63, 3.8) is 0 Å². The minimum Gasteiger partial charge on any atom is -0.352 e. The summed E-state index contributed by atoms with van der Waals surface area (Å²) in [4.78, 5) is 12.1. The molecule has 1 rings (SSSR count). The number of carbonyl (C=O) groups is 1. The van der Waals surface area contributed by atoms with Crippen LogP contribution in [0.3, 0.4) is 0 Å². The van der Waals surface area contributed by atoms with Crippen LogP contribution in [0.2, 0.25) is 0 Å². The van der Waals surface area contributed by atoms with Crippen molar-refractivity contribution in [2.75, 3.05) is 12.0 Å². The third-order valence-corrected chi connectivity index (χ3v) is 2.77. The minimum absolute atomic E-state index is 0.0759. The van der Waals surface area contributed by atoms with Gasteiger partial charge in [-0.25, -0.2) is 0 Å². The molecule has 1 amide bonds. The highest BCUT2D eigenvalue weighted by atomic mass is 32.1. The molecule has 0 spiro atoms. The fourth-order valence-electron chi connectivity index (χ4n) is 1.06. The number of thiophene rings is 1. The molecule has 0 radical (unpaired) electrons. The average Bonchev–Trinajstić information content (AvgIpc) is 2.48. The molecule has 5 nitrogen and oxygen atoms in total. The first kappa shape index (κ1) is 10.6. The molecule has 0 unspecified atom stereocenters. The SMILES string of the molecule is CCNC(=O)c1sc(NN=N)cc1C. The molecule has 0 aliphatic rings. The van der Waals surface area contributed by atoms with Crippen molar-refractivity contribution in [2.45, 2.75) is 13.8 Å². The third kappa shape index (κ3) is 2.29. The van der Waals surface area contributed by atoms with E-state index in [-0.39, 0.29) is 5.91 Å². The van der Waals surface area contributed by atoms with Crippen LogP contribution in [0.4, 0.5) is 5.00 Å². The zero-order valence-corrected chi connectivity index (χ0v) is 8.86. The predicted molar refractivity (Wildman–Crippen MR) is 55.8 cm³/mol. The predicted octanol–water partition coefficient (Wildman–Crippen LogP) is 2.16. The van der Waals surface area contributed by atoms with Gasteiger partial charge in [0, 0.05) is 6.54 Å². The quantitative estimate of drug-likeness (QED) is 0.528. The molecule has 0 saturated heterocycles. The molecule has 1 aromatic rings. The van der Waals surface area contributed by atoms with Crippen LogP contribution in [0.1, 0.15) is 22.2 Å². The average molecular weight is 212 g/mol. The lowest BCUT2D eigenvalue weighted by atomic mass is 10.3. The lowest BCUT2D eigenvalue weighted by molar-refractivity contribution is 0.0959. The molecule has 0 fully saturated rings. The molecule has 0 aliphatic heterocycles. The van der Waals surface area contributed by atoms with E-state index in [2.05, 4.69) is 16.0 Å². The van der Waals surface area contributed by atoms with Crippen molar-refractivity contribution in [1.29, 1.82) is 5.53 Å². The summed E-state index contributed by atoms with van der Waals surface area (Å²) >= 11 is 1.30. The second-order valence-corrected chi connectivity index (χ2v) is 3.76. The summed E-state index contributed by atoms with van der Waals surface area (Å²) in [6.07, 6.45) is 0. The van der Waals surface area contributed by atoms with Gasteiger partial charge in [0.05, 0.1) is 4.88 Å². The molecule has 0 atom stereocenters. The molecule has 0 bridgehead atoms. The topological polar surface area (TPSA) is 77.3 Å². The number of rotatable bonds is 4. The molecule has 1 heterocycles. The standard InChI is InChI=1S/C8H12N4OS/c1-3-10-8(13)7-5(2)4-6(14-7)11-12-9/h4H,3H2,1-2H3,(H2,9,11)(H,10,13). The van der Waals surface area contributed by atoms with E-state index in [0.717, 1.165) is 5.56 Å². The van der Waals surface area contributed by atoms with E-state index in [1.165, 1.54) is 11.3 Å². The third-order valence-electron chi connectivity index (χ3n) is 1.63. The summed E-state index contributed by atoms with van der Waals surface area (Å²) in [6.45, 7) is 4.34. The van der Waals surface area contributed by atoms with Crippen LogP contribution >= 0.6 is 11.3 Å². The summed E-state index contributed by atoms with van der Waals surface area (Å²) in [7, 11) is 0. The Morgan fingerprint density at radius 2 is 2.43 bits per heavy atom. The number of carbonyl (C=O) groups excluding carboxylic acids is 1. The number of anilines is 1. The van der Waals surface area contributed by atoms with Gasteiger partial charge in [-0.2, -0.15) is 5.53 Å². The van der Waals surface area contributed by atoms with Crippen LogP contribution in [-0.4, -0.2) is 12.5 Å². The van der Waals surface area contributed by atoms with Crippen LogP contribution < -0.4 is 10.7 Å². The molecule has 0 aromatic carbocycles. The van der Waals surface area contributed by atoms with Crippen molar-refractivity contribution in [1.82, 2.24) is 5.32 Å². The molecule has 14 heavy (non-hydrogen) atoms. The van der Waals surface area contributed by atoms with Crippen molar-refractivity contribution in [3.05, 3.63) is 16.5 Å². The van der Waals surface area contributed by atoms with Gasteiger partial charge in [-0.05, 0) is 25.5 Å². The summed E-state index contributed by atoms with van der Waals surface area (Å²) in [6, 6.07) is 1.80. The van der Waals surface area contributed by atoms with Gasteiger partial charge in [-0.3, -0.25) is 10.2 Å². The number of aryl methyl sites for hydroxylation is 1. The van der Waals surface area contributed by atoms with Gasteiger partial charge in [0.1, 0.15) is 5.00 Å². The Morgan fingerprint density at radius 1 is 1.71 bits per heavy atom. The van der Waals surface area contributed by atoms with E-state index < -0.39 is 0 Å². The normalized spacial score (nSPS) is 9.57. The molecular formula is C8H12N4OS. The maximum Gasteiger partial charge on any atom is 0.261 e. The summed E-state index contributed by atoms with van der Waals surface area (Å²) < 4.78 is 0. The van der Waals surface area contributed by atoms with Crippen molar-refractivity contribution < 1.29 is 4.79 Å². The van der Waals surface area contributed by atoms with Gasteiger partial charge in [0.15, 0.2) is 0 Å². The van der Waals surface area contributed by atoms with Crippen LogP contribution in [0.5, 0.6) is 0 Å². The van der Waals surface area contributed by atoms with E-state index in [1.807, 2.05) is 13.8 Å². The molecule has 0 saturated carbocycles. The Balaban J connectivity index is 2.86. The summed E-state index contributed by atoms with van der Waals surface area (Å²) in [5, 5.41) is 6.48. The van der Waals surface area contributed by atoms with E-state index in [9.17, 15) is 4.79 Å². The van der Waals surface area contributed by atoms with Gasteiger partial charge >= 0.3 is 0 Å². The van der Waals surface area contributed by atoms with Gasteiger partial charge < -0.3 is 5.32 Å². The van der Waals surface area contributed by atoms with Gasteiger partial charge in [-0.15, -0.1) is 11.3 Å². The Labute approximate surface area is 86.0 Å². The fraction of sp³-hybridized carbons (Fsp3) is 0.375. The maximum absolute atomic E-state index is 11.5. The number of hydrogen-bond donors (Lipinski definition) is 3. The second-order valence-electron chi connectivity index (χ2n) is 2.71. The lowest BCUT2D eigenvalue weighted by Crippen LogP contribution is -2.22. The highest BCUT2D eigenvalue weighted by Crippen LogP contribution is 2.26. The van der Waals surface area contributed by atoms with Crippen LogP contribution in [-0.2, 0) is 0 Å². The first-order chi connectivity index (χ1) is 6.69. The van der Waals surface area contributed by atoms with Gasteiger partial charge in [0.2, 0.25) is 0 Å². The molecule has 3 N–H and O–H groups in total. The first-order valence-electron chi connectivity index (χ1n) is 4.20. The zero-order chi connectivity index (χ0) is 10.6. The van der Waals surface area contributed by atoms with Crippen LogP contribution in [0.25, 0.3) is 0 Å². The van der Waals surface area contributed by atoms with Crippen molar-refractivity contribution in [2.24, 2.45) is 5.22 Å². The van der Waals surface area contributed by atoms with E-state index in [0.29, 0.717) is 16.4 Å². The van der Waals surface area contributed by atoms with E-state index in [4.69, 9.17) is 5.53 Å². The number of amides is 1. The van der Waals surface area contributed by atoms with E-state index >= 15 is 0 Å². The molecule has 0 aliphatic carbocycles. The summed E-state index contributed by atoms with van der Waals surface area (Å²) in [5.41, 5.74) is 10.0. The van der Waals surface area contributed by atoms with Crippen LogP contribution in [0.15, 0.2) is 11.3 Å². The number of nitrogens with one attached hydrogen (secondary N) is 3. The van der Waals surface area contributed by atoms with Crippen LogP contribution in [0, 0.1) is 12.5 Å². The Morgan fingerprint density at radius 3 is 3.00 bits per heavy atom. The molecule has 76 valence electrons. The summed E-state index contributed by atoms with van der Waals surface area (Å²) in [5.74, 6) is -0.0759. The molecule has 6 heteroatoms. The van der Waals surface area contributed by atoms with Gasteiger partial charge in [-0.1, -0.05) is 5.22 Å². The fourth-order valence-corrected chi connectivity index (χ4v) is 1.99. The Bertz CT molecular complexity index is 347. The largest absolute Gasteiger partial charge is 0.352 e. The minimum atomic E-state index is -0.0759. The van der Waals surface area contributed by atoms with Gasteiger partial charge in [0.25, 0.3) is 5.91 Å². The molecule has 1 aromatic heterocycles. The number of nitrogens with zero attached hydrogens (tertiary/aromatic N) is 1. The van der Waals surface area contributed by atoms with E-state index in [1.54, 1.807) is 6.07 Å². The number of hydrogen-bond acceptors (Lipinski definition) is 4. The smallest absolute Gasteiger partial charge is 0.261 e. The maximum atomic E-state index is 11.5. The second kappa shape index (κ2) is 4.71. The lowest BCUT2D eigenvalue weighted by Gasteiger charge is -1.98. The highest BCUT2D eigenvalue weighted by Gasteiger charge is 2.12. The monoisotopic (exact) mass is 212 g/mol. The molecular weight excluding hydrogens is 200 g/mol. The van der Waals surface area contributed by atoms with Crippen molar-refractivity contribution >= 4 is 22.2 Å². The van der Waals surface area contributed by atoms with Crippen molar-refractivity contribution in [3.8, 4) is 0 Å². The first-order valence-corrected chi connectivity index (χ1v) is 5.01. The highest BCUT2D eigenvalue weighted by molar-refractivity contribution is 7.18. The Kier molecular flexibility index (Phi) is 3.58.